The zero-order valence-corrected chi connectivity index (χ0v) is 19.1. The largest absolute Gasteiger partial charge is 0.494 e. The van der Waals surface area contributed by atoms with Gasteiger partial charge in [-0.2, -0.15) is 0 Å². The van der Waals surface area contributed by atoms with Gasteiger partial charge in [-0.3, -0.25) is 0 Å². The molecule has 0 bridgehead atoms. The van der Waals surface area contributed by atoms with Crippen molar-refractivity contribution in [3.05, 3.63) is 76.4 Å². The first-order chi connectivity index (χ1) is 15.0. The Labute approximate surface area is 186 Å². The molecule has 3 rings (SSSR count). The van der Waals surface area contributed by atoms with Gasteiger partial charge in [0.15, 0.2) is 0 Å². The van der Waals surface area contributed by atoms with E-state index in [4.69, 9.17) is 9.47 Å². The molecule has 31 heavy (non-hydrogen) atoms. The van der Waals surface area contributed by atoms with Crippen LogP contribution in [0.2, 0.25) is 0 Å². The molecule has 0 aliphatic heterocycles. The number of hydrogen-bond acceptors (Lipinski definition) is 3. The van der Waals surface area contributed by atoms with Crippen molar-refractivity contribution in [1.82, 2.24) is 0 Å². The second kappa shape index (κ2) is 11.0. The molecule has 0 atom stereocenters. The van der Waals surface area contributed by atoms with Crippen molar-refractivity contribution in [2.45, 2.75) is 59.3 Å². The van der Waals surface area contributed by atoms with Crippen LogP contribution < -0.4 is 4.74 Å². The van der Waals surface area contributed by atoms with E-state index in [0.29, 0.717) is 18.8 Å². The highest BCUT2D eigenvalue weighted by Gasteiger charge is 2.13. The first-order valence-corrected chi connectivity index (χ1v) is 11.3. The molecule has 0 saturated carbocycles. The Morgan fingerprint density at radius 3 is 2.65 bits per heavy atom. The van der Waals surface area contributed by atoms with E-state index in [-0.39, 0.29) is 5.97 Å². The third kappa shape index (κ3) is 6.33. The first kappa shape index (κ1) is 22.9. The predicted octanol–water partition coefficient (Wildman–Crippen LogP) is 6.85. The van der Waals surface area contributed by atoms with Crippen LogP contribution in [0.25, 0.3) is 11.6 Å². The van der Waals surface area contributed by atoms with Crippen LogP contribution in [0.5, 0.6) is 5.75 Å². The molecule has 2 aromatic rings. The zero-order valence-electron chi connectivity index (χ0n) is 19.1. The number of hydrogen-bond donors (Lipinski definition) is 0. The summed E-state index contributed by atoms with van der Waals surface area (Å²) < 4.78 is 11.1. The van der Waals surface area contributed by atoms with Crippen LogP contribution in [0, 0.1) is 13.8 Å². The van der Waals surface area contributed by atoms with Crippen LogP contribution in [0.15, 0.2) is 48.6 Å². The van der Waals surface area contributed by atoms with Crippen LogP contribution >= 0.6 is 0 Å². The number of ether oxygens (including phenoxy) is 2. The second-order valence-electron chi connectivity index (χ2n) is 8.46. The third-order valence-corrected chi connectivity index (χ3v) is 5.93. The molecule has 0 aromatic heterocycles. The summed E-state index contributed by atoms with van der Waals surface area (Å²) in [6, 6.07) is 13.1. The molecule has 164 valence electrons. The van der Waals surface area contributed by atoms with Crippen molar-refractivity contribution < 1.29 is 14.3 Å². The van der Waals surface area contributed by atoms with Gasteiger partial charge in [0.25, 0.3) is 0 Å². The number of carbonyl (C=O) groups excluding carboxylic acids is 1. The minimum Gasteiger partial charge on any atom is -0.494 e. The van der Waals surface area contributed by atoms with E-state index in [2.05, 4.69) is 62.9 Å². The molecule has 2 aromatic carbocycles. The molecule has 0 amide bonds. The summed E-state index contributed by atoms with van der Waals surface area (Å²) in [5.41, 5.74) is 8.65. The van der Waals surface area contributed by atoms with Gasteiger partial charge in [0.05, 0.1) is 13.2 Å². The van der Waals surface area contributed by atoms with E-state index < -0.39 is 0 Å². The first-order valence-electron chi connectivity index (χ1n) is 11.3. The van der Waals surface area contributed by atoms with Gasteiger partial charge in [-0.05, 0) is 105 Å². The fraction of sp³-hybridized carbons (Fsp3) is 0.393. The maximum Gasteiger partial charge on any atom is 0.333 e. The molecule has 0 radical (unpaired) electrons. The highest BCUT2D eigenvalue weighted by Crippen LogP contribution is 2.33. The molecule has 1 aliphatic rings. The standard InChI is InChI=1S/C28H34O3/c1-20(2)28(29)31-17-7-5-6-16-30-26-15-14-24-18-25(12-9-11-23(24)19-26)27-13-8-10-21(3)22(27)4/h8,10,13-15,18-19H,1,5-7,9,11-12,16-17H2,2-4H3. The minimum atomic E-state index is -0.309. The van der Waals surface area contributed by atoms with Gasteiger partial charge in [0, 0.05) is 5.57 Å². The van der Waals surface area contributed by atoms with E-state index in [0.717, 1.165) is 44.3 Å². The average molecular weight is 419 g/mol. The lowest BCUT2D eigenvalue weighted by Crippen LogP contribution is -2.06. The molecule has 0 saturated heterocycles. The van der Waals surface area contributed by atoms with Gasteiger partial charge >= 0.3 is 5.97 Å². The van der Waals surface area contributed by atoms with Crippen molar-refractivity contribution in [2.24, 2.45) is 0 Å². The van der Waals surface area contributed by atoms with Crippen LogP contribution in [0.4, 0.5) is 0 Å². The van der Waals surface area contributed by atoms with E-state index in [1.807, 2.05) is 0 Å². The zero-order chi connectivity index (χ0) is 22.2. The minimum absolute atomic E-state index is 0.309. The number of esters is 1. The number of unbranched alkanes of at least 4 members (excludes halogenated alkanes) is 2. The number of allylic oxidation sites excluding steroid dienone is 1. The van der Waals surface area contributed by atoms with E-state index >= 15 is 0 Å². The van der Waals surface area contributed by atoms with Crippen molar-refractivity contribution in [1.29, 1.82) is 0 Å². The SMILES string of the molecule is C=C(C)C(=O)OCCCCCOc1ccc2c(c1)CCCC(c1cccc(C)c1C)=C2. The Balaban J connectivity index is 1.53. The van der Waals surface area contributed by atoms with Crippen molar-refractivity contribution in [3.8, 4) is 5.75 Å². The molecule has 0 fully saturated rings. The number of aryl methyl sites for hydroxylation is 2. The van der Waals surface area contributed by atoms with Gasteiger partial charge in [-0.15, -0.1) is 0 Å². The van der Waals surface area contributed by atoms with Gasteiger partial charge in [0.2, 0.25) is 0 Å². The van der Waals surface area contributed by atoms with Crippen molar-refractivity contribution >= 4 is 17.6 Å². The second-order valence-corrected chi connectivity index (χ2v) is 8.46. The maximum atomic E-state index is 11.3. The van der Waals surface area contributed by atoms with Crippen LogP contribution in [0.3, 0.4) is 0 Å². The number of fused-ring (bicyclic) bond motifs is 1. The van der Waals surface area contributed by atoms with Crippen LogP contribution in [-0.2, 0) is 16.0 Å². The van der Waals surface area contributed by atoms with E-state index in [1.54, 1.807) is 6.92 Å². The quantitative estimate of drug-likeness (QED) is 0.254. The molecule has 3 nitrogen and oxygen atoms in total. The summed E-state index contributed by atoms with van der Waals surface area (Å²) in [7, 11) is 0. The summed E-state index contributed by atoms with van der Waals surface area (Å²) in [6.07, 6.45) is 8.45. The molecule has 0 heterocycles. The topological polar surface area (TPSA) is 35.5 Å². The van der Waals surface area contributed by atoms with E-state index in [9.17, 15) is 4.79 Å². The number of rotatable bonds is 9. The van der Waals surface area contributed by atoms with Crippen LogP contribution in [-0.4, -0.2) is 19.2 Å². The molecule has 0 spiro atoms. The average Bonchev–Trinajstić information content (AvgIpc) is 2.96. The fourth-order valence-electron chi connectivity index (χ4n) is 3.93. The normalized spacial score (nSPS) is 13.1. The highest BCUT2D eigenvalue weighted by molar-refractivity contribution is 5.87. The summed E-state index contributed by atoms with van der Waals surface area (Å²) in [4.78, 5) is 11.3. The lowest BCUT2D eigenvalue weighted by atomic mass is 9.94. The van der Waals surface area contributed by atoms with E-state index in [1.165, 1.54) is 33.4 Å². The van der Waals surface area contributed by atoms with Gasteiger partial charge in [0.1, 0.15) is 5.75 Å². The lowest BCUT2D eigenvalue weighted by molar-refractivity contribution is -0.139. The van der Waals surface area contributed by atoms with Gasteiger partial charge in [-0.25, -0.2) is 4.79 Å². The number of benzene rings is 2. The summed E-state index contributed by atoms with van der Waals surface area (Å²) in [6.45, 7) is 10.8. The molecule has 3 heteroatoms. The fourth-order valence-corrected chi connectivity index (χ4v) is 3.93. The lowest BCUT2D eigenvalue weighted by Gasteiger charge is -2.12. The summed E-state index contributed by atoms with van der Waals surface area (Å²) in [5, 5.41) is 0. The molecular formula is C28H34O3. The summed E-state index contributed by atoms with van der Waals surface area (Å²) >= 11 is 0. The van der Waals surface area contributed by atoms with Crippen molar-refractivity contribution in [3.63, 3.8) is 0 Å². The Bertz CT molecular complexity index is 968. The predicted molar refractivity (Wildman–Crippen MR) is 128 cm³/mol. The van der Waals surface area contributed by atoms with Crippen LogP contribution in [0.1, 0.15) is 66.8 Å². The number of carbonyl (C=O) groups is 1. The Morgan fingerprint density at radius 1 is 1.03 bits per heavy atom. The third-order valence-electron chi connectivity index (χ3n) is 5.93. The summed E-state index contributed by atoms with van der Waals surface area (Å²) in [5.74, 6) is 0.632. The molecule has 0 N–H and O–H groups in total. The van der Waals surface area contributed by atoms with Crippen molar-refractivity contribution in [2.75, 3.05) is 13.2 Å². The monoisotopic (exact) mass is 418 g/mol. The van der Waals surface area contributed by atoms with Gasteiger partial charge < -0.3 is 9.47 Å². The highest BCUT2D eigenvalue weighted by atomic mass is 16.5. The Kier molecular flexibility index (Phi) is 8.11. The Morgan fingerprint density at radius 2 is 1.84 bits per heavy atom. The Hall–Kier alpha value is -2.81. The molecule has 0 unspecified atom stereocenters. The van der Waals surface area contributed by atoms with Gasteiger partial charge in [-0.1, -0.05) is 36.9 Å². The molecule has 1 aliphatic carbocycles. The molecular weight excluding hydrogens is 384 g/mol. The maximum absolute atomic E-state index is 11.3. The smallest absolute Gasteiger partial charge is 0.333 e.